The monoisotopic (exact) mass is 1540 g/mol. The topological polar surface area (TPSA) is 388 Å². The lowest BCUT2D eigenvalue weighted by Crippen LogP contribution is -2.37. The van der Waals surface area contributed by atoms with E-state index >= 15 is 0 Å². The molecule has 3 amide bonds. The fourth-order valence-corrected chi connectivity index (χ4v) is 10.5. The largest absolute Gasteiger partial charge is 0.495 e. The third-order valence-electron chi connectivity index (χ3n) is 15.7. The van der Waals surface area contributed by atoms with Gasteiger partial charge in [0.05, 0.1) is 168 Å². The van der Waals surface area contributed by atoms with E-state index in [2.05, 4.69) is 51.9 Å². The van der Waals surface area contributed by atoms with Crippen LogP contribution in [0.2, 0.25) is 0 Å². The van der Waals surface area contributed by atoms with Gasteiger partial charge >= 0.3 is 6.09 Å². The molecule has 2 fully saturated rings. The number of nitrogens with two attached hydrogens (primary N) is 2. The van der Waals surface area contributed by atoms with Crippen molar-refractivity contribution in [1.82, 2.24) is 59.8 Å². The number of aryl methyl sites for hydroxylation is 1. The number of alkyl carbamates (subject to hydrolysis) is 1. The molecule has 2 saturated heterocycles. The van der Waals surface area contributed by atoms with Crippen LogP contribution in [-0.4, -0.2) is 203 Å². The number of imidazole rings is 1. The SMILES string of the molecule is C1CCOC1.C1CCOC1.COc1ccc(-c2cnnn2-c2cc(OC)c(OC)c(OC)c2)cc1N.COc1ccc(-c2cnnn2-c2cc(OC)c(OC)c(OC)c2)cc1NC(=O)CN.COc1ccc(-c2cnnn2-c2cc(OC)c(OC)c(OC)c2)cc1NC(=O)CNC(=O)OC(C)(C)C.Cl.Cn1ccnc1. The number of halogens is 1. The molecule has 34 nitrogen and oxygen atoms in total. The molecule has 12 rings (SSSR count). The minimum Gasteiger partial charge on any atom is -0.495 e. The van der Waals surface area contributed by atoms with Crippen molar-refractivity contribution >= 4 is 47.4 Å². The van der Waals surface area contributed by atoms with E-state index in [1.165, 1.54) is 68.3 Å². The predicted molar refractivity (Wildman–Crippen MR) is 415 cm³/mol. The van der Waals surface area contributed by atoms with Crippen molar-refractivity contribution in [1.29, 1.82) is 0 Å². The smallest absolute Gasteiger partial charge is 0.408 e. The number of amides is 3. The van der Waals surface area contributed by atoms with Crippen LogP contribution in [0.15, 0.2) is 128 Å². The van der Waals surface area contributed by atoms with Crippen molar-refractivity contribution in [3.63, 3.8) is 0 Å². The Labute approximate surface area is 644 Å². The van der Waals surface area contributed by atoms with E-state index in [0.717, 1.165) is 43.2 Å². The van der Waals surface area contributed by atoms with Crippen LogP contribution < -0.4 is 84.3 Å². The number of nitrogens with one attached hydrogen (secondary N) is 3. The van der Waals surface area contributed by atoms with E-state index in [1.54, 1.807) is 181 Å². The number of nitrogens with zero attached hydrogens (tertiary/aromatic N) is 11. The molecule has 0 bridgehead atoms. The Morgan fingerprint density at radius 1 is 0.464 bits per heavy atom. The maximum atomic E-state index is 12.5. The second-order valence-electron chi connectivity index (χ2n) is 24.1. The maximum Gasteiger partial charge on any atom is 0.408 e. The van der Waals surface area contributed by atoms with Crippen molar-refractivity contribution in [3.05, 3.63) is 128 Å². The average molecular weight is 1550 g/mol. The van der Waals surface area contributed by atoms with E-state index in [9.17, 15) is 14.4 Å². The number of aromatic nitrogens is 11. The Bertz CT molecular complexity index is 4440. The lowest BCUT2D eigenvalue weighted by molar-refractivity contribution is -0.116. The van der Waals surface area contributed by atoms with Gasteiger partial charge in [-0.3, -0.25) is 9.59 Å². The quantitative estimate of drug-likeness (QED) is 0.0371. The Morgan fingerprint density at radius 3 is 1.06 bits per heavy atom. The van der Waals surface area contributed by atoms with Crippen LogP contribution in [0, 0.1) is 0 Å². The van der Waals surface area contributed by atoms with Gasteiger partial charge in [-0.15, -0.1) is 27.7 Å². The lowest BCUT2D eigenvalue weighted by atomic mass is 10.1. The summed E-state index contributed by atoms with van der Waals surface area (Å²) in [6.07, 6.45) is 14.7. The van der Waals surface area contributed by atoms with E-state index in [0.29, 0.717) is 120 Å². The molecule has 0 spiro atoms. The molecule has 6 aromatic carbocycles. The van der Waals surface area contributed by atoms with E-state index in [-0.39, 0.29) is 31.4 Å². The van der Waals surface area contributed by atoms with Gasteiger partial charge in [-0.1, -0.05) is 15.6 Å². The number of methoxy groups -OCH3 is 12. The molecule has 35 heteroatoms. The van der Waals surface area contributed by atoms with Crippen molar-refractivity contribution in [3.8, 4) is 120 Å². The number of benzene rings is 6. The Hall–Kier alpha value is -12.3. The standard InChI is InChI=1S/C25H31N5O7.C20H23N5O5.C18H20N4O4.C4H6N2.2C4H8O.ClH/c1-25(2,3)37-24(32)26-14-22(31)28-17-10-15(8-9-19(17)33-4)18-13-27-29-30(18)16-11-20(34-5)23(36-7)21(12-16)35-6;1-27-16-6-5-12(7-14(16)23-19(26)10-21)15-11-22-24-25(15)13-8-17(28-2)20(30-4)18(9-13)29-3;1-23-15-6-5-11(7-13(15)19)14-10-20-21-22(14)12-8-16(24-2)18(26-4)17(9-12)25-3;1-6-3-2-5-4-6;2*1-2-4-5-3-1;/h8-13H,14H2,1-7H3,(H,26,32)(H,28,31);5-9,11H,10,21H2,1-4H3,(H,23,26);5-10H,19H2,1-4H3;2-4H,1H3;2*1-4H2;1H. The average Bonchev–Trinajstić information content (AvgIpc) is 1.78. The lowest BCUT2D eigenvalue weighted by Gasteiger charge is -2.19. The summed E-state index contributed by atoms with van der Waals surface area (Å²) in [7, 11) is 20.4. The normalized spacial score (nSPS) is 11.6. The number of anilines is 3. The van der Waals surface area contributed by atoms with Gasteiger partial charge in [0.2, 0.25) is 29.1 Å². The van der Waals surface area contributed by atoms with Crippen LogP contribution in [0.25, 0.3) is 50.8 Å². The summed E-state index contributed by atoms with van der Waals surface area (Å²) < 4.78 is 86.5. The van der Waals surface area contributed by atoms with Crippen molar-refractivity contribution in [2.24, 2.45) is 12.8 Å². The summed E-state index contributed by atoms with van der Waals surface area (Å²) in [5, 5.41) is 32.6. The molecular weight excluding hydrogens is 1450 g/mol. The number of carbonyl (C=O) groups excluding carboxylic acids is 3. The molecule has 6 heterocycles. The number of nitrogen functional groups attached to an aromatic ring is 1. The molecule has 10 aromatic rings. The highest BCUT2D eigenvalue weighted by Gasteiger charge is 2.24. The first-order chi connectivity index (χ1) is 52.7. The van der Waals surface area contributed by atoms with Gasteiger partial charge in [0.25, 0.3) is 0 Å². The van der Waals surface area contributed by atoms with Crippen LogP contribution >= 0.6 is 12.4 Å². The van der Waals surface area contributed by atoms with Crippen molar-refractivity contribution in [2.75, 3.05) is 141 Å². The number of carbonyl (C=O) groups is 3. The third-order valence-corrected chi connectivity index (χ3v) is 15.7. The zero-order valence-electron chi connectivity index (χ0n) is 64.5. The Kier molecular flexibility index (Phi) is 34.3. The first kappa shape index (κ1) is 86.6. The molecule has 2 aliphatic rings. The second-order valence-corrected chi connectivity index (χ2v) is 24.1. The summed E-state index contributed by atoms with van der Waals surface area (Å²) in [6, 6.07) is 26.7. The van der Waals surface area contributed by atoms with Crippen LogP contribution in [0.5, 0.6) is 69.0 Å². The number of hydrogen-bond donors (Lipinski definition) is 5. The van der Waals surface area contributed by atoms with Gasteiger partial charge in [-0.25, -0.2) is 23.8 Å². The van der Waals surface area contributed by atoms with Crippen LogP contribution in [0.3, 0.4) is 0 Å². The van der Waals surface area contributed by atoms with E-state index in [4.69, 9.17) is 82.5 Å². The molecule has 0 saturated carbocycles. The van der Waals surface area contributed by atoms with Gasteiger partial charge in [0.1, 0.15) is 29.4 Å². The summed E-state index contributed by atoms with van der Waals surface area (Å²) in [6.45, 7) is 8.79. The van der Waals surface area contributed by atoms with Crippen molar-refractivity contribution < 1.29 is 85.4 Å². The Balaban J connectivity index is 0.000000233. The molecule has 0 atom stereocenters. The highest BCUT2D eigenvalue weighted by molar-refractivity contribution is 5.96. The van der Waals surface area contributed by atoms with Gasteiger partial charge in [0.15, 0.2) is 34.5 Å². The van der Waals surface area contributed by atoms with Gasteiger partial charge in [-0.2, -0.15) is 0 Å². The molecule has 4 aromatic heterocycles. The van der Waals surface area contributed by atoms with Crippen molar-refractivity contribution in [2.45, 2.75) is 52.1 Å². The fourth-order valence-electron chi connectivity index (χ4n) is 10.5. The van der Waals surface area contributed by atoms with E-state index in [1.807, 2.05) is 36.0 Å². The fraction of sp³-hybridized carbons (Fsp3) is 0.360. The predicted octanol–water partition coefficient (Wildman–Crippen LogP) is 10.3. The molecule has 7 N–H and O–H groups in total. The van der Waals surface area contributed by atoms with Crippen LogP contribution in [0.1, 0.15) is 46.5 Å². The summed E-state index contributed by atoms with van der Waals surface area (Å²) >= 11 is 0. The van der Waals surface area contributed by atoms with Gasteiger partial charge < -0.3 is 103 Å². The highest BCUT2D eigenvalue weighted by atomic mass is 35.5. The van der Waals surface area contributed by atoms with E-state index < -0.39 is 17.6 Å². The summed E-state index contributed by atoms with van der Waals surface area (Å²) in [5.74, 6) is 5.12. The Morgan fingerprint density at radius 2 is 0.800 bits per heavy atom. The molecule has 0 radical (unpaired) electrons. The molecule has 592 valence electrons. The second kappa shape index (κ2) is 43.5. The zero-order valence-corrected chi connectivity index (χ0v) is 65.3. The zero-order chi connectivity index (χ0) is 79.0. The molecule has 0 unspecified atom stereocenters. The highest BCUT2D eigenvalue weighted by Crippen LogP contribution is 2.44. The molecule has 110 heavy (non-hydrogen) atoms. The first-order valence-electron chi connectivity index (χ1n) is 34.0. The molecule has 2 aliphatic heterocycles. The summed E-state index contributed by atoms with van der Waals surface area (Å²) in [5.41, 5.74) is 18.5. The van der Waals surface area contributed by atoms with Gasteiger partial charge in [0, 0.05) is 99.0 Å². The minimum atomic E-state index is -0.691. The first-order valence-corrected chi connectivity index (χ1v) is 34.0. The number of ether oxygens (including phenoxy) is 15. The molecular formula is C75H97ClN16O18. The minimum absolute atomic E-state index is 0. The maximum absolute atomic E-state index is 12.5. The molecule has 0 aliphatic carbocycles. The number of rotatable bonds is 23. The third kappa shape index (κ3) is 23.9. The number of hydrogen-bond acceptors (Lipinski definition) is 27. The van der Waals surface area contributed by atoms with Gasteiger partial charge in [-0.05, 0) is 101 Å². The van der Waals surface area contributed by atoms with Crippen LogP contribution in [-0.2, 0) is 30.8 Å². The van der Waals surface area contributed by atoms with Crippen LogP contribution in [0.4, 0.5) is 21.9 Å². The summed E-state index contributed by atoms with van der Waals surface area (Å²) in [4.78, 5) is 40.0.